The predicted octanol–water partition coefficient (Wildman–Crippen LogP) is 2.87. The van der Waals surface area contributed by atoms with Crippen molar-refractivity contribution in [1.82, 2.24) is 15.4 Å². The third-order valence-electron chi connectivity index (χ3n) is 3.59. The lowest BCUT2D eigenvalue weighted by Gasteiger charge is -2.23. The molecule has 0 fully saturated rings. The van der Waals surface area contributed by atoms with E-state index < -0.39 is 0 Å². The topological polar surface area (TPSA) is 87.5 Å². The predicted molar refractivity (Wildman–Crippen MR) is 94.8 cm³/mol. The van der Waals surface area contributed by atoms with Gasteiger partial charge in [-0.3, -0.25) is 4.79 Å². The van der Waals surface area contributed by atoms with E-state index in [1.165, 1.54) is 11.2 Å². The summed E-state index contributed by atoms with van der Waals surface area (Å²) in [5.74, 6) is 0.453. The van der Waals surface area contributed by atoms with Crippen molar-refractivity contribution in [3.8, 4) is 0 Å². The average Bonchev–Trinajstić information content (AvgIpc) is 3.10. The van der Waals surface area contributed by atoms with Crippen LogP contribution < -0.4 is 10.6 Å². The van der Waals surface area contributed by atoms with E-state index in [0.717, 1.165) is 12.0 Å². The van der Waals surface area contributed by atoms with E-state index in [4.69, 9.17) is 0 Å². The molecule has 0 saturated heterocycles. The van der Waals surface area contributed by atoms with Crippen LogP contribution in [0.3, 0.4) is 0 Å². The molecule has 0 bridgehead atoms. The van der Waals surface area contributed by atoms with Crippen LogP contribution in [0.1, 0.15) is 25.8 Å². The first kappa shape index (κ1) is 18.5. The van der Waals surface area contributed by atoms with Gasteiger partial charge >= 0.3 is 6.03 Å². The van der Waals surface area contributed by atoms with Gasteiger partial charge in [0.1, 0.15) is 12.8 Å². The van der Waals surface area contributed by atoms with Crippen LogP contribution in [0, 0.1) is 5.92 Å². The fourth-order valence-electron chi connectivity index (χ4n) is 2.18. The van der Waals surface area contributed by atoms with Crippen molar-refractivity contribution in [2.75, 3.05) is 18.4 Å². The van der Waals surface area contributed by atoms with E-state index in [-0.39, 0.29) is 18.5 Å². The molecule has 0 aliphatic carbocycles. The molecular weight excluding hydrogens is 320 g/mol. The number of rotatable bonds is 8. The van der Waals surface area contributed by atoms with Gasteiger partial charge in [0.25, 0.3) is 0 Å². The van der Waals surface area contributed by atoms with Gasteiger partial charge in [-0.05, 0) is 17.9 Å². The van der Waals surface area contributed by atoms with Crippen LogP contribution in [-0.2, 0) is 11.3 Å². The Morgan fingerprint density at radius 1 is 1.20 bits per heavy atom. The Balaban J connectivity index is 1.91. The number of aromatic nitrogens is 1. The van der Waals surface area contributed by atoms with Gasteiger partial charge in [-0.25, -0.2) is 4.79 Å². The van der Waals surface area contributed by atoms with Crippen LogP contribution in [0.2, 0.25) is 0 Å². The third kappa shape index (κ3) is 6.66. The van der Waals surface area contributed by atoms with E-state index in [9.17, 15) is 9.59 Å². The molecule has 1 heterocycles. The summed E-state index contributed by atoms with van der Waals surface area (Å²) in [5, 5.41) is 9.10. The van der Waals surface area contributed by atoms with Gasteiger partial charge < -0.3 is 20.1 Å². The summed E-state index contributed by atoms with van der Waals surface area (Å²) in [7, 11) is 0. The number of amides is 3. The molecule has 0 radical (unpaired) electrons. The molecule has 2 N–H and O–H groups in total. The highest BCUT2D eigenvalue weighted by atomic mass is 16.5. The number of urea groups is 1. The summed E-state index contributed by atoms with van der Waals surface area (Å²) in [6, 6.07) is 10.9. The summed E-state index contributed by atoms with van der Waals surface area (Å²) >= 11 is 0. The molecule has 2 rings (SSSR count). The Bertz CT molecular complexity index is 656. The van der Waals surface area contributed by atoms with Gasteiger partial charge in [0.05, 0.1) is 0 Å². The first-order valence-electron chi connectivity index (χ1n) is 8.31. The van der Waals surface area contributed by atoms with Crippen molar-refractivity contribution < 1.29 is 14.1 Å². The molecule has 3 amide bonds. The van der Waals surface area contributed by atoms with E-state index >= 15 is 0 Å². The highest BCUT2D eigenvalue weighted by molar-refractivity contribution is 5.93. The maximum absolute atomic E-state index is 12.5. The van der Waals surface area contributed by atoms with Crippen LogP contribution in [0.4, 0.5) is 10.6 Å². The highest BCUT2D eigenvalue weighted by Gasteiger charge is 2.18. The van der Waals surface area contributed by atoms with Gasteiger partial charge in [-0.2, -0.15) is 0 Å². The van der Waals surface area contributed by atoms with Crippen LogP contribution >= 0.6 is 0 Å². The largest absolute Gasteiger partial charge is 0.363 e. The van der Waals surface area contributed by atoms with Crippen molar-refractivity contribution in [2.45, 2.75) is 26.8 Å². The first-order valence-corrected chi connectivity index (χ1v) is 8.31. The van der Waals surface area contributed by atoms with Gasteiger partial charge in [0.15, 0.2) is 5.82 Å². The lowest BCUT2D eigenvalue weighted by molar-refractivity contribution is -0.116. The number of hydrogen-bond acceptors (Lipinski definition) is 4. The summed E-state index contributed by atoms with van der Waals surface area (Å²) in [4.78, 5) is 26.1. The number of carbonyl (C=O) groups excluding carboxylic acids is 2. The molecule has 7 heteroatoms. The molecule has 7 nitrogen and oxygen atoms in total. The lowest BCUT2D eigenvalue weighted by Crippen LogP contribution is -2.44. The number of anilines is 1. The number of nitrogens with zero attached hydrogens (tertiary/aromatic N) is 2. The summed E-state index contributed by atoms with van der Waals surface area (Å²) < 4.78 is 4.68. The van der Waals surface area contributed by atoms with E-state index in [1.54, 1.807) is 6.07 Å². The molecule has 0 aliphatic rings. The van der Waals surface area contributed by atoms with Crippen molar-refractivity contribution in [2.24, 2.45) is 5.92 Å². The zero-order valence-electron chi connectivity index (χ0n) is 14.6. The Kier molecular flexibility index (Phi) is 7.00. The fraction of sp³-hybridized carbons (Fsp3) is 0.389. The van der Waals surface area contributed by atoms with Crippen molar-refractivity contribution in [3.05, 3.63) is 48.2 Å². The van der Waals surface area contributed by atoms with E-state index in [1.807, 2.05) is 30.3 Å². The quantitative estimate of drug-likeness (QED) is 0.771. The molecule has 0 unspecified atom stereocenters. The maximum Gasteiger partial charge on any atom is 0.318 e. The number of hydrogen-bond donors (Lipinski definition) is 2. The van der Waals surface area contributed by atoms with E-state index in [2.05, 4.69) is 34.2 Å². The SMILES string of the molecule is CC(C)CCN(CC(=O)Nc1ccon1)C(=O)NCc1ccccc1. The molecule has 0 saturated carbocycles. The van der Waals surface area contributed by atoms with Gasteiger partial charge in [0.2, 0.25) is 5.91 Å². The Hall–Kier alpha value is -2.83. The van der Waals surface area contributed by atoms with E-state index in [0.29, 0.717) is 24.8 Å². The van der Waals surface area contributed by atoms with Crippen LogP contribution in [0.15, 0.2) is 47.2 Å². The molecule has 1 aromatic carbocycles. The Labute approximate surface area is 147 Å². The van der Waals surface area contributed by atoms with Gasteiger partial charge in [0, 0.05) is 19.2 Å². The smallest absolute Gasteiger partial charge is 0.318 e. The monoisotopic (exact) mass is 344 g/mol. The molecule has 1 aromatic heterocycles. The zero-order chi connectivity index (χ0) is 18.1. The minimum Gasteiger partial charge on any atom is -0.363 e. The van der Waals surface area contributed by atoms with Gasteiger partial charge in [-0.1, -0.05) is 49.3 Å². The van der Waals surface area contributed by atoms with Crippen molar-refractivity contribution in [1.29, 1.82) is 0 Å². The molecule has 0 spiro atoms. The summed E-state index contributed by atoms with van der Waals surface area (Å²) in [6.07, 6.45) is 2.19. The number of carbonyl (C=O) groups is 2. The fourth-order valence-corrected chi connectivity index (χ4v) is 2.18. The zero-order valence-corrected chi connectivity index (χ0v) is 14.6. The highest BCUT2D eigenvalue weighted by Crippen LogP contribution is 2.06. The first-order chi connectivity index (χ1) is 12.0. The summed E-state index contributed by atoms with van der Waals surface area (Å²) in [5.41, 5.74) is 1.01. The lowest BCUT2D eigenvalue weighted by atomic mass is 10.1. The second-order valence-corrected chi connectivity index (χ2v) is 6.18. The molecular formula is C18H24N4O3. The standard InChI is InChI=1S/C18H24N4O3/c1-14(2)8-10-22(13-17(23)20-16-9-11-25-21-16)18(24)19-12-15-6-4-3-5-7-15/h3-7,9,11,14H,8,10,12-13H2,1-2H3,(H,19,24)(H,20,21,23). The molecule has 0 aliphatic heterocycles. The molecule has 25 heavy (non-hydrogen) atoms. The van der Waals surface area contributed by atoms with Gasteiger partial charge in [-0.15, -0.1) is 0 Å². The Morgan fingerprint density at radius 3 is 2.60 bits per heavy atom. The molecule has 0 atom stereocenters. The summed E-state index contributed by atoms with van der Waals surface area (Å²) in [6.45, 7) is 5.04. The normalized spacial score (nSPS) is 10.5. The number of benzene rings is 1. The minimum atomic E-state index is -0.312. The minimum absolute atomic E-state index is 0.0415. The molecule has 2 aromatic rings. The maximum atomic E-state index is 12.5. The average molecular weight is 344 g/mol. The third-order valence-corrected chi connectivity index (χ3v) is 3.59. The van der Waals surface area contributed by atoms with Crippen LogP contribution in [-0.4, -0.2) is 35.1 Å². The van der Waals surface area contributed by atoms with Crippen molar-refractivity contribution in [3.63, 3.8) is 0 Å². The Morgan fingerprint density at radius 2 is 1.96 bits per heavy atom. The second-order valence-electron chi connectivity index (χ2n) is 6.18. The number of nitrogens with one attached hydrogen (secondary N) is 2. The van der Waals surface area contributed by atoms with Crippen LogP contribution in [0.25, 0.3) is 0 Å². The second kappa shape index (κ2) is 9.46. The molecule has 134 valence electrons. The van der Waals surface area contributed by atoms with Crippen molar-refractivity contribution >= 4 is 17.8 Å². The van der Waals surface area contributed by atoms with Crippen LogP contribution in [0.5, 0.6) is 0 Å².